The van der Waals surface area contributed by atoms with Crippen molar-refractivity contribution in [2.75, 3.05) is 0 Å². The monoisotopic (exact) mass is 224 g/mol. The second-order valence-corrected chi connectivity index (χ2v) is 4.32. The van der Waals surface area contributed by atoms with Gasteiger partial charge in [-0.15, -0.1) is 0 Å². The third-order valence-electron chi connectivity index (χ3n) is 3.03. The number of ether oxygens (including phenoxy) is 1. The van der Waals surface area contributed by atoms with E-state index >= 15 is 0 Å². The van der Waals surface area contributed by atoms with Gasteiger partial charge in [0.15, 0.2) is 0 Å². The molecule has 0 spiro atoms. The molecule has 1 heterocycles. The lowest BCUT2D eigenvalue weighted by molar-refractivity contribution is -0.133. The molecule has 0 saturated carbocycles. The van der Waals surface area contributed by atoms with E-state index in [1.165, 1.54) is 13.0 Å². The Hall–Kier alpha value is -1.13. The van der Waals surface area contributed by atoms with Gasteiger partial charge in [0.1, 0.15) is 11.9 Å². The normalized spacial score (nSPS) is 26.7. The first-order chi connectivity index (χ1) is 7.59. The summed E-state index contributed by atoms with van der Waals surface area (Å²) in [6.07, 6.45) is 3.21. The average molecular weight is 224 g/mol. The number of cyclic esters (lactones) is 1. The molecule has 4 nitrogen and oxygen atoms in total. The lowest BCUT2D eigenvalue weighted by Gasteiger charge is -2.12. The van der Waals surface area contributed by atoms with Gasteiger partial charge in [-0.05, 0) is 38.7 Å². The molecule has 0 aromatic carbocycles. The van der Waals surface area contributed by atoms with Crippen LogP contribution in [-0.2, 0) is 9.53 Å². The third kappa shape index (κ3) is 2.03. The van der Waals surface area contributed by atoms with E-state index in [2.05, 4.69) is 0 Å². The molecule has 2 N–H and O–H groups in total. The van der Waals surface area contributed by atoms with Crippen LogP contribution in [0.1, 0.15) is 32.6 Å². The Kier molecular flexibility index (Phi) is 3.12. The van der Waals surface area contributed by atoms with Gasteiger partial charge in [0.25, 0.3) is 0 Å². The Morgan fingerprint density at radius 2 is 1.88 bits per heavy atom. The van der Waals surface area contributed by atoms with Gasteiger partial charge in [-0.2, -0.15) is 0 Å². The van der Waals surface area contributed by atoms with Crippen molar-refractivity contribution in [1.29, 1.82) is 0 Å². The van der Waals surface area contributed by atoms with Crippen molar-refractivity contribution in [2.24, 2.45) is 0 Å². The van der Waals surface area contributed by atoms with Crippen LogP contribution in [0.25, 0.3) is 0 Å². The SMILES string of the molecule is CC(O)C(O)/C=C1\OC(=O)C2=C1CCCC2. The predicted octanol–water partition coefficient (Wildman–Crippen LogP) is 1.04. The van der Waals surface area contributed by atoms with Crippen LogP contribution in [0.2, 0.25) is 0 Å². The van der Waals surface area contributed by atoms with E-state index < -0.39 is 12.2 Å². The average Bonchev–Trinajstić information content (AvgIpc) is 2.57. The highest BCUT2D eigenvalue weighted by Crippen LogP contribution is 2.36. The van der Waals surface area contributed by atoms with Crippen molar-refractivity contribution in [3.63, 3.8) is 0 Å². The second kappa shape index (κ2) is 4.39. The molecule has 0 radical (unpaired) electrons. The third-order valence-corrected chi connectivity index (χ3v) is 3.03. The van der Waals surface area contributed by atoms with Crippen molar-refractivity contribution in [3.8, 4) is 0 Å². The van der Waals surface area contributed by atoms with E-state index in [4.69, 9.17) is 4.74 Å². The number of allylic oxidation sites excluding steroid dienone is 1. The van der Waals surface area contributed by atoms with Gasteiger partial charge >= 0.3 is 5.97 Å². The van der Waals surface area contributed by atoms with Crippen molar-refractivity contribution in [1.82, 2.24) is 0 Å². The molecule has 0 saturated heterocycles. The summed E-state index contributed by atoms with van der Waals surface area (Å²) in [6, 6.07) is 0. The van der Waals surface area contributed by atoms with Crippen LogP contribution in [0.3, 0.4) is 0 Å². The minimum atomic E-state index is -0.989. The summed E-state index contributed by atoms with van der Waals surface area (Å²) in [5.41, 5.74) is 1.66. The fourth-order valence-corrected chi connectivity index (χ4v) is 2.05. The first-order valence-corrected chi connectivity index (χ1v) is 5.62. The fraction of sp³-hybridized carbons (Fsp3) is 0.583. The number of aliphatic hydroxyl groups is 2. The summed E-state index contributed by atoms with van der Waals surface area (Å²) in [5.74, 6) is 0.145. The Morgan fingerprint density at radius 1 is 1.25 bits per heavy atom. The summed E-state index contributed by atoms with van der Waals surface area (Å²) >= 11 is 0. The molecule has 0 aromatic rings. The zero-order valence-corrected chi connectivity index (χ0v) is 9.27. The summed E-state index contributed by atoms with van der Waals surface area (Å²) in [6.45, 7) is 1.49. The van der Waals surface area contributed by atoms with Crippen LogP contribution in [0, 0.1) is 0 Å². The number of aliphatic hydroxyl groups excluding tert-OH is 2. The number of hydrogen-bond acceptors (Lipinski definition) is 4. The van der Waals surface area contributed by atoms with Gasteiger partial charge in [-0.25, -0.2) is 4.79 Å². The zero-order chi connectivity index (χ0) is 11.7. The van der Waals surface area contributed by atoms with Gasteiger partial charge in [0, 0.05) is 11.1 Å². The van der Waals surface area contributed by atoms with Crippen molar-refractivity contribution in [3.05, 3.63) is 23.0 Å². The van der Waals surface area contributed by atoms with E-state index in [-0.39, 0.29) is 5.97 Å². The van der Waals surface area contributed by atoms with Gasteiger partial charge in [-0.1, -0.05) is 0 Å². The van der Waals surface area contributed by atoms with Gasteiger partial charge < -0.3 is 14.9 Å². The van der Waals surface area contributed by atoms with Crippen LogP contribution in [-0.4, -0.2) is 28.4 Å². The lowest BCUT2D eigenvalue weighted by Crippen LogP contribution is -2.20. The molecule has 2 aliphatic rings. The molecular weight excluding hydrogens is 208 g/mol. The molecule has 0 fully saturated rings. The van der Waals surface area contributed by atoms with E-state index in [1.54, 1.807) is 0 Å². The van der Waals surface area contributed by atoms with Crippen LogP contribution in [0.15, 0.2) is 23.0 Å². The number of carbonyl (C=O) groups excluding carboxylic acids is 1. The van der Waals surface area contributed by atoms with Gasteiger partial charge in [0.05, 0.1) is 6.10 Å². The molecule has 2 rings (SSSR count). The maximum atomic E-state index is 11.5. The smallest absolute Gasteiger partial charge is 0.339 e. The van der Waals surface area contributed by atoms with Gasteiger partial charge in [-0.3, -0.25) is 0 Å². The highest BCUT2D eigenvalue weighted by molar-refractivity contribution is 5.94. The van der Waals surface area contributed by atoms with E-state index in [1.807, 2.05) is 0 Å². The minimum absolute atomic E-state index is 0.293. The van der Waals surface area contributed by atoms with E-state index in [0.717, 1.165) is 36.8 Å². The Labute approximate surface area is 94.2 Å². The Morgan fingerprint density at radius 3 is 2.50 bits per heavy atom. The van der Waals surface area contributed by atoms with Crippen LogP contribution in [0.4, 0.5) is 0 Å². The number of carbonyl (C=O) groups is 1. The van der Waals surface area contributed by atoms with Gasteiger partial charge in [0.2, 0.25) is 0 Å². The molecule has 16 heavy (non-hydrogen) atoms. The molecular formula is C12H16O4. The molecule has 1 aliphatic heterocycles. The highest BCUT2D eigenvalue weighted by atomic mass is 16.5. The standard InChI is InChI=1S/C12H16O4/c1-7(13)10(14)6-11-8-4-2-3-5-9(8)12(15)16-11/h6-7,10,13-14H,2-5H2,1H3/b11-6-. The molecule has 2 unspecified atom stereocenters. The predicted molar refractivity (Wildman–Crippen MR) is 57.4 cm³/mol. The summed E-state index contributed by atoms with van der Waals surface area (Å²) < 4.78 is 5.11. The first kappa shape index (κ1) is 11.4. The van der Waals surface area contributed by atoms with Crippen LogP contribution < -0.4 is 0 Å². The van der Waals surface area contributed by atoms with E-state index in [9.17, 15) is 15.0 Å². The maximum Gasteiger partial charge on any atom is 0.339 e. The summed E-state index contributed by atoms with van der Waals surface area (Å²) in [7, 11) is 0. The summed E-state index contributed by atoms with van der Waals surface area (Å²) in [5, 5.41) is 18.7. The number of esters is 1. The van der Waals surface area contributed by atoms with Crippen LogP contribution in [0.5, 0.6) is 0 Å². The first-order valence-electron chi connectivity index (χ1n) is 5.62. The molecule has 0 bridgehead atoms. The number of rotatable bonds is 2. The second-order valence-electron chi connectivity index (χ2n) is 4.32. The minimum Gasteiger partial charge on any atom is -0.423 e. The molecule has 88 valence electrons. The molecule has 2 atom stereocenters. The quantitative estimate of drug-likeness (QED) is 0.688. The molecule has 1 aliphatic carbocycles. The Bertz CT molecular complexity index is 365. The van der Waals surface area contributed by atoms with Crippen molar-refractivity contribution >= 4 is 5.97 Å². The van der Waals surface area contributed by atoms with Crippen LogP contribution >= 0.6 is 0 Å². The highest BCUT2D eigenvalue weighted by Gasteiger charge is 2.31. The fourth-order valence-electron chi connectivity index (χ4n) is 2.05. The zero-order valence-electron chi connectivity index (χ0n) is 9.27. The van der Waals surface area contributed by atoms with Crippen molar-refractivity contribution in [2.45, 2.75) is 44.8 Å². The number of hydrogen-bond donors (Lipinski definition) is 2. The molecule has 4 heteroatoms. The Balaban J connectivity index is 2.25. The largest absolute Gasteiger partial charge is 0.423 e. The lowest BCUT2D eigenvalue weighted by atomic mass is 9.92. The summed E-state index contributed by atoms with van der Waals surface area (Å²) in [4.78, 5) is 11.5. The molecule has 0 aromatic heterocycles. The van der Waals surface area contributed by atoms with E-state index in [0.29, 0.717) is 5.76 Å². The van der Waals surface area contributed by atoms with Crippen molar-refractivity contribution < 1.29 is 19.7 Å². The maximum absolute atomic E-state index is 11.5. The topological polar surface area (TPSA) is 66.8 Å². The molecule has 0 amide bonds.